The third-order valence-corrected chi connectivity index (χ3v) is 6.17. The minimum absolute atomic E-state index is 0.0328. The Labute approximate surface area is 200 Å². The Balaban J connectivity index is 1.98. The summed E-state index contributed by atoms with van der Waals surface area (Å²) < 4.78 is 16.5. The van der Waals surface area contributed by atoms with Crippen LogP contribution in [-0.4, -0.2) is 56.5 Å². The average molecular weight is 471 g/mol. The molecule has 1 amide bonds. The molecule has 3 rings (SSSR count). The predicted octanol–water partition coefficient (Wildman–Crippen LogP) is 1.77. The summed E-state index contributed by atoms with van der Waals surface area (Å²) in [5.41, 5.74) is 0.518. The number of methoxy groups -OCH3 is 1. The SMILES string of the molecule is CCCOc1ccc(C2C(C(=O)c3ccco3)=C([O-])C(=O)N2CCC[NH+](CC)CC)cc1OC. The van der Waals surface area contributed by atoms with Crippen LogP contribution in [0.2, 0.25) is 0 Å². The highest BCUT2D eigenvalue weighted by Gasteiger charge is 2.40. The molecule has 0 saturated carbocycles. The number of quaternary nitrogens is 1. The zero-order valence-corrected chi connectivity index (χ0v) is 20.4. The van der Waals surface area contributed by atoms with E-state index in [9.17, 15) is 14.7 Å². The molecule has 2 heterocycles. The van der Waals surface area contributed by atoms with Crippen molar-refractivity contribution in [3.05, 3.63) is 59.3 Å². The molecule has 8 nitrogen and oxygen atoms in total. The first-order valence-electron chi connectivity index (χ1n) is 11.9. The Morgan fingerprint density at radius 3 is 2.56 bits per heavy atom. The molecule has 1 atom stereocenters. The lowest BCUT2D eigenvalue weighted by Gasteiger charge is -2.28. The number of amides is 1. The second-order valence-electron chi connectivity index (χ2n) is 8.27. The molecule has 184 valence electrons. The van der Waals surface area contributed by atoms with Gasteiger partial charge in [0.1, 0.15) is 0 Å². The molecule has 0 radical (unpaired) electrons. The smallest absolute Gasteiger partial charge is 0.239 e. The van der Waals surface area contributed by atoms with E-state index in [1.807, 2.05) is 6.92 Å². The number of furan rings is 1. The molecule has 0 bridgehead atoms. The number of rotatable bonds is 13. The van der Waals surface area contributed by atoms with Crippen LogP contribution in [-0.2, 0) is 4.79 Å². The topological polar surface area (TPSA) is 96.5 Å². The largest absolute Gasteiger partial charge is 0.868 e. The molecule has 2 aromatic rings. The highest BCUT2D eigenvalue weighted by atomic mass is 16.5. The molecule has 1 aromatic heterocycles. The minimum Gasteiger partial charge on any atom is -0.868 e. The van der Waals surface area contributed by atoms with Gasteiger partial charge in [0, 0.05) is 18.5 Å². The van der Waals surface area contributed by atoms with Gasteiger partial charge in [0.25, 0.3) is 0 Å². The Hall–Kier alpha value is -3.26. The Morgan fingerprint density at radius 2 is 1.94 bits per heavy atom. The van der Waals surface area contributed by atoms with Crippen LogP contribution < -0.4 is 19.5 Å². The maximum Gasteiger partial charge on any atom is 0.239 e. The van der Waals surface area contributed by atoms with Crippen molar-refractivity contribution in [3.8, 4) is 11.5 Å². The lowest BCUT2D eigenvalue weighted by Crippen LogP contribution is -3.11. The van der Waals surface area contributed by atoms with E-state index in [2.05, 4.69) is 13.8 Å². The molecule has 0 aliphatic carbocycles. The normalized spacial score (nSPS) is 16.0. The fraction of sp³-hybridized carbons (Fsp3) is 0.462. The fourth-order valence-corrected chi connectivity index (χ4v) is 4.28. The predicted molar refractivity (Wildman–Crippen MR) is 125 cm³/mol. The van der Waals surface area contributed by atoms with E-state index < -0.39 is 23.5 Å². The maximum absolute atomic E-state index is 13.2. The van der Waals surface area contributed by atoms with E-state index in [1.54, 1.807) is 24.3 Å². The van der Waals surface area contributed by atoms with Gasteiger partial charge in [0.2, 0.25) is 11.7 Å². The number of carbonyl (C=O) groups is 2. The van der Waals surface area contributed by atoms with Gasteiger partial charge in [-0.1, -0.05) is 13.0 Å². The second kappa shape index (κ2) is 11.7. The third kappa shape index (κ3) is 5.28. The summed E-state index contributed by atoms with van der Waals surface area (Å²) >= 11 is 0. The van der Waals surface area contributed by atoms with Crippen LogP contribution in [0.1, 0.15) is 55.8 Å². The Kier molecular flexibility index (Phi) is 8.76. The van der Waals surface area contributed by atoms with Gasteiger partial charge in [-0.15, -0.1) is 0 Å². The second-order valence-corrected chi connectivity index (χ2v) is 8.27. The van der Waals surface area contributed by atoms with Crippen molar-refractivity contribution in [1.82, 2.24) is 4.90 Å². The zero-order valence-electron chi connectivity index (χ0n) is 20.4. The van der Waals surface area contributed by atoms with Crippen molar-refractivity contribution in [2.45, 2.75) is 39.7 Å². The van der Waals surface area contributed by atoms with Crippen LogP contribution in [0.15, 0.2) is 52.3 Å². The summed E-state index contributed by atoms with van der Waals surface area (Å²) in [4.78, 5) is 29.2. The molecule has 0 fully saturated rings. The number of nitrogens with one attached hydrogen (secondary N) is 1. The monoisotopic (exact) mass is 470 g/mol. The number of hydrogen-bond acceptors (Lipinski definition) is 6. The Bertz CT molecular complexity index is 1010. The van der Waals surface area contributed by atoms with Crippen LogP contribution in [0.4, 0.5) is 0 Å². The van der Waals surface area contributed by atoms with E-state index in [-0.39, 0.29) is 11.3 Å². The lowest BCUT2D eigenvalue weighted by molar-refractivity contribution is -0.896. The molecular formula is C26H34N2O6. The first-order chi connectivity index (χ1) is 16.5. The van der Waals surface area contributed by atoms with E-state index >= 15 is 0 Å². The van der Waals surface area contributed by atoms with Crippen LogP contribution in [0.5, 0.6) is 11.5 Å². The highest BCUT2D eigenvalue weighted by Crippen LogP contribution is 2.41. The van der Waals surface area contributed by atoms with Crippen molar-refractivity contribution in [3.63, 3.8) is 0 Å². The van der Waals surface area contributed by atoms with Gasteiger partial charge in [-0.25, -0.2) is 0 Å². The summed E-state index contributed by atoms with van der Waals surface area (Å²) in [5, 5.41) is 13.1. The summed E-state index contributed by atoms with van der Waals surface area (Å²) in [6.07, 6.45) is 2.93. The number of hydrogen-bond donors (Lipinski definition) is 1. The van der Waals surface area contributed by atoms with Gasteiger partial charge in [0.15, 0.2) is 17.3 Å². The maximum atomic E-state index is 13.2. The number of ketones is 1. The van der Waals surface area contributed by atoms with Crippen LogP contribution >= 0.6 is 0 Å². The molecule has 0 spiro atoms. The molecule has 1 unspecified atom stereocenters. The fourth-order valence-electron chi connectivity index (χ4n) is 4.28. The lowest BCUT2D eigenvalue weighted by atomic mass is 9.94. The summed E-state index contributed by atoms with van der Waals surface area (Å²) in [6, 6.07) is 7.53. The van der Waals surface area contributed by atoms with E-state index in [0.717, 1.165) is 26.1 Å². The molecule has 0 saturated heterocycles. The summed E-state index contributed by atoms with van der Waals surface area (Å²) in [6.45, 7) is 9.98. The molecular weight excluding hydrogens is 436 g/mol. The number of Topliss-reactive ketones (excluding diaryl/α,β-unsaturated/α-hetero) is 1. The number of benzene rings is 1. The first-order valence-corrected chi connectivity index (χ1v) is 11.9. The van der Waals surface area contributed by atoms with Crippen molar-refractivity contribution < 1.29 is 33.5 Å². The molecule has 1 aromatic carbocycles. The number of ether oxygens (including phenoxy) is 2. The van der Waals surface area contributed by atoms with Crippen LogP contribution in [0, 0.1) is 0 Å². The van der Waals surface area contributed by atoms with Gasteiger partial charge in [-0.3, -0.25) is 9.59 Å². The average Bonchev–Trinajstić information content (AvgIpc) is 3.48. The summed E-state index contributed by atoms with van der Waals surface area (Å²) in [7, 11) is 1.53. The van der Waals surface area contributed by atoms with Gasteiger partial charge in [-0.05, 0) is 55.9 Å². The molecule has 1 aliphatic rings. The minimum atomic E-state index is -0.821. The van der Waals surface area contributed by atoms with E-state index in [1.165, 1.54) is 29.2 Å². The Morgan fingerprint density at radius 1 is 1.18 bits per heavy atom. The van der Waals surface area contributed by atoms with Gasteiger partial charge < -0.3 is 28.8 Å². The first kappa shape index (κ1) is 25.4. The molecule has 1 N–H and O–H groups in total. The summed E-state index contributed by atoms with van der Waals surface area (Å²) in [5.74, 6) is -0.943. The van der Waals surface area contributed by atoms with Crippen molar-refractivity contribution in [2.75, 3.05) is 39.9 Å². The standard InChI is InChI=1S/C26H34N2O6/c1-5-15-33-19-12-11-18(17-21(19)32-4)23-22(24(29)20-10-8-16-34-20)25(30)26(31)28(23)14-9-13-27(6-2)7-3/h8,10-12,16-17,23,30H,5-7,9,13-15H2,1-4H3. The highest BCUT2D eigenvalue weighted by molar-refractivity contribution is 6.14. The van der Waals surface area contributed by atoms with Crippen molar-refractivity contribution in [2.24, 2.45) is 0 Å². The number of nitrogens with zero attached hydrogens (tertiary/aromatic N) is 1. The van der Waals surface area contributed by atoms with Crippen LogP contribution in [0.3, 0.4) is 0 Å². The molecule has 34 heavy (non-hydrogen) atoms. The molecule has 8 heteroatoms. The van der Waals surface area contributed by atoms with Crippen LogP contribution in [0.25, 0.3) is 0 Å². The third-order valence-electron chi connectivity index (χ3n) is 6.17. The van der Waals surface area contributed by atoms with Crippen molar-refractivity contribution in [1.29, 1.82) is 0 Å². The van der Waals surface area contributed by atoms with E-state index in [4.69, 9.17) is 13.9 Å². The van der Waals surface area contributed by atoms with Gasteiger partial charge in [0.05, 0.1) is 45.7 Å². The number of carbonyl (C=O) groups excluding carboxylic acids is 2. The quantitative estimate of drug-likeness (QED) is 0.448. The van der Waals surface area contributed by atoms with Gasteiger partial charge in [-0.2, -0.15) is 0 Å². The van der Waals surface area contributed by atoms with Gasteiger partial charge >= 0.3 is 0 Å². The van der Waals surface area contributed by atoms with Crippen molar-refractivity contribution >= 4 is 11.7 Å². The zero-order chi connectivity index (χ0) is 24.7. The van der Waals surface area contributed by atoms with E-state index in [0.29, 0.717) is 36.6 Å². The molecule has 1 aliphatic heterocycles.